The van der Waals surface area contributed by atoms with Crippen LogP contribution in [-0.2, 0) is 35.1 Å². The first kappa shape index (κ1) is 110. The summed E-state index contributed by atoms with van der Waals surface area (Å²) in [6, 6.07) is 109. The molecule has 3 saturated heterocycles. The molecule has 660 valence electrons. The van der Waals surface area contributed by atoms with E-state index in [1.807, 2.05) is 106 Å². The fourth-order valence-corrected chi connectivity index (χ4v) is 16.2. The Morgan fingerprint density at radius 3 is 0.846 bits per heavy atom. The number of aryl methyl sites for hydroxylation is 5. The number of aliphatic hydroxyl groups is 1. The fourth-order valence-electron chi connectivity index (χ4n) is 14.2. The zero-order valence-corrected chi connectivity index (χ0v) is 84.2. The van der Waals surface area contributed by atoms with Crippen molar-refractivity contribution in [2.75, 3.05) is 91.8 Å². The number of hydrogen-bond donors (Lipinski definition) is 2. The molecule has 3 unspecified atom stereocenters. The largest absolute Gasteiger partial charge is 0.392 e. The molecule has 3 atom stereocenters. The number of aliphatic hydroxyl groups excluding tert-OH is 1. The maximum atomic E-state index is 8.66. The summed E-state index contributed by atoms with van der Waals surface area (Å²) in [5.74, 6) is 0. The van der Waals surface area contributed by atoms with Gasteiger partial charge in [-0.15, -0.1) is 0 Å². The summed E-state index contributed by atoms with van der Waals surface area (Å²) in [7, 11) is 0. The summed E-state index contributed by atoms with van der Waals surface area (Å²) in [6.45, 7) is 31.3. The minimum absolute atomic E-state index is 0. The van der Waals surface area contributed by atoms with E-state index in [4.69, 9.17) is 44.6 Å². The maximum absolute atomic E-state index is 8.66. The highest BCUT2D eigenvalue weighted by Crippen LogP contribution is 2.59. The Labute approximate surface area is 813 Å². The van der Waals surface area contributed by atoms with Gasteiger partial charge < -0.3 is 15.2 Å². The van der Waals surface area contributed by atoms with E-state index in [0.717, 1.165) is 145 Å². The molecule has 3 aliphatic rings. The molecule has 0 spiro atoms. The third-order valence-corrected chi connectivity index (χ3v) is 22.9. The van der Waals surface area contributed by atoms with Crippen molar-refractivity contribution >= 4 is 149 Å². The van der Waals surface area contributed by atoms with Crippen LogP contribution in [-0.4, -0.2) is 121 Å². The molecule has 0 saturated carbocycles. The lowest BCUT2D eigenvalue weighted by Gasteiger charge is -2.40. The van der Waals surface area contributed by atoms with Crippen LogP contribution in [0.2, 0.25) is 15.1 Å². The molecule has 3 fully saturated rings. The van der Waals surface area contributed by atoms with E-state index < -0.39 is 0 Å². The number of benzene rings is 12. The van der Waals surface area contributed by atoms with E-state index in [2.05, 4.69) is 392 Å². The number of nitrogens with one attached hydrogen (secondary N) is 1. The Bertz CT molecular complexity index is 4460. The summed E-state index contributed by atoms with van der Waals surface area (Å²) < 4.78 is 6.94. The number of halogens is 10. The monoisotopic (exact) mass is 2180 g/mol. The second kappa shape index (κ2) is 63.9. The molecule has 123 heavy (non-hydrogen) atoms. The molecule has 0 aromatic heterocycles. The molecule has 12 aromatic rings. The van der Waals surface area contributed by atoms with Crippen molar-refractivity contribution in [1.82, 2.24) is 29.8 Å². The Morgan fingerprint density at radius 1 is 0.333 bits per heavy atom. The number of nitrogens with zero attached hydrogens (tertiary/aromatic N) is 5. The Morgan fingerprint density at radius 2 is 0.593 bits per heavy atom. The predicted molar refractivity (Wildman–Crippen MR) is 562 cm³/mol. The van der Waals surface area contributed by atoms with Crippen LogP contribution in [0.1, 0.15) is 143 Å². The van der Waals surface area contributed by atoms with Crippen LogP contribution in [0.4, 0.5) is 0 Å². The summed E-state index contributed by atoms with van der Waals surface area (Å²) in [6.07, 6.45) is 0. The maximum Gasteiger partial charge on any atom is 0.103 e. The first-order chi connectivity index (χ1) is 58.1. The standard InChI is InChI=1S/2C25H27ClN2.C17H19ClN2.C8H9Br.C8H10O.C7H6Br2.C7H7Br.C4H10O.3CH4.Br3P/c2*1-20-6-5-7-21(18-20)19-27-14-16-28(17-15-27)25(22-8-3-2-4-9-22)23-10-12-24(26)13-11-23;18-16-8-6-15(7-9-16)17(14-4-2-1-3-5-14)20-12-10-19-11-13-20;2*1-7-3-2-4-8(5-7)6-9;8-5-6-2-1-3-7(9)4-6;1-6-3-2-4-7(8)5-6;1-3-5-4-2;;;;1-4(2)3/h2*2-13,18,25H,14-17,19H2,1H3;1-9,17,19H,10-13H2;2-5H,6H2,1H3;2-5,9H,6H2,1H3;1-4H,5H2;2-5H,1H3;3-4H2,1-2H3;3*1H4;. The van der Waals surface area contributed by atoms with Gasteiger partial charge in [-0.05, 0) is 217 Å². The van der Waals surface area contributed by atoms with Gasteiger partial charge >= 0.3 is 0 Å². The van der Waals surface area contributed by atoms with E-state index in [1.165, 1.54) is 83.5 Å². The van der Waals surface area contributed by atoms with Crippen molar-refractivity contribution in [1.29, 1.82) is 0 Å². The van der Waals surface area contributed by atoms with Crippen LogP contribution in [0.25, 0.3) is 0 Å². The predicted octanol–water partition coefficient (Wildman–Crippen LogP) is 31.3. The third-order valence-electron chi connectivity index (χ3n) is 19.9. The van der Waals surface area contributed by atoms with Gasteiger partial charge in [-0.3, -0.25) is 24.5 Å². The van der Waals surface area contributed by atoms with Crippen molar-refractivity contribution < 1.29 is 9.84 Å². The average Bonchev–Trinajstić information content (AvgIpc) is 0.805. The van der Waals surface area contributed by atoms with E-state index in [-0.39, 0.29) is 45.0 Å². The van der Waals surface area contributed by atoms with Gasteiger partial charge in [-0.25, -0.2) is 0 Å². The van der Waals surface area contributed by atoms with Gasteiger partial charge in [-0.1, -0.05) is 397 Å². The lowest BCUT2D eigenvalue weighted by atomic mass is 9.96. The van der Waals surface area contributed by atoms with Gasteiger partial charge in [-0.2, -0.15) is 0 Å². The molecule has 2 N–H and O–H groups in total. The highest BCUT2D eigenvalue weighted by Gasteiger charge is 2.29. The van der Waals surface area contributed by atoms with Crippen LogP contribution < -0.4 is 5.32 Å². The van der Waals surface area contributed by atoms with Gasteiger partial charge in [0.05, 0.1) is 24.7 Å². The molecule has 0 radical (unpaired) electrons. The first-order valence-corrected chi connectivity index (χ1v) is 53.1. The smallest absolute Gasteiger partial charge is 0.103 e. The topological polar surface area (TPSA) is 57.7 Å². The molecule has 0 bridgehead atoms. The van der Waals surface area contributed by atoms with E-state index >= 15 is 0 Å². The number of piperazine rings is 3. The number of ether oxygens (including phenoxy) is 1. The quantitative estimate of drug-likeness (QED) is 0.0651. The van der Waals surface area contributed by atoms with Crippen LogP contribution in [0.15, 0.2) is 318 Å². The van der Waals surface area contributed by atoms with E-state index in [1.54, 1.807) is 0 Å². The van der Waals surface area contributed by atoms with Crippen molar-refractivity contribution in [3.05, 3.63) is 422 Å². The molecule has 15 rings (SSSR count). The molecular formula is C104H127Br7Cl3N6O2P. The molecule has 3 aliphatic heterocycles. The summed E-state index contributed by atoms with van der Waals surface area (Å²) in [4.78, 5) is 12.9. The normalized spacial score (nSPS) is 13.9. The second-order valence-corrected chi connectivity index (χ2v) is 48.9. The van der Waals surface area contributed by atoms with Crippen molar-refractivity contribution in [2.45, 2.75) is 119 Å². The van der Waals surface area contributed by atoms with Crippen LogP contribution in [0.5, 0.6) is 0 Å². The van der Waals surface area contributed by atoms with Crippen LogP contribution >= 0.6 is 149 Å². The molecule has 3 heterocycles. The molecule has 19 heteroatoms. The second-order valence-electron chi connectivity index (χ2n) is 29.3. The summed E-state index contributed by atoms with van der Waals surface area (Å²) >= 11 is 41.3. The highest BCUT2D eigenvalue weighted by atomic mass is 80.0. The minimum atomic E-state index is -0.183. The van der Waals surface area contributed by atoms with E-state index in [0.29, 0.717) is 6.04 Å². The van der Waals surface area contributed by atoms with Gasteiger partial charge in [0.1, 0.15) is 4.03 Å². The third kappa shape index (κ3) is 43.3. The zero-order chi connectivity index (χ0) is 86.2. The van der Waals surface area contributed by atoms with E-state index in [9.17, 15) is 0 Å². The lowest BCUT2D eigenvalue weighted by molar-refractivity contribution is 0.105. The van der Waals surface area contributed by atoms with Crippen LogP contribution in [0.3, 0.4) is 0 Å². The Kier molecular flexibility index (Phi) is 57.3. The zero-order valence-electron chi connectivity index (χ0n) is 69.9. The lowest BCUT2D eigenvalue weighted by Crippen LogP contribution is -2.47. The minimum Gasteiger partial charge on any atom is -0.392 e. The van der Waals surface area contributed by atoms with Gasteiger partial charge in [0.15, 0.2) is 0 Å². The van der Waals surface area contributed by atoms with Gasteiger partial charge in [0, 0.05) is 140 Å². The van der Waals surface area contributed by atoms with Crippen molar-refractivity contribution in [3.8, 4) is 0 Å². The number of rotatable bonds is 18. The van der Waals surface area contributed by atoms with Gasteiger partial charge in [0.2, 0.25) is 0 Å². The molecule has 0 amide bonds. The molecular weight excluding hydrogens is 2060 g/mol. The SMILES string of the molecule is BrCc1cccc(Br)c1.BrP(Br)Br.C.C.C.CCOCC.Cc1cccc(Br)c1.Cc1cccc(CBr)c1.Cc1cccc(CN2CCN(C(c3ccccc3)c3ccc(Cl)cc3)CC2)c1.Cc1cccc(CN2CCN(C(c3ccccc3)c3ccc(Cl)cc3)CC2)c1.Cc1cccc(CO)c1.Clc1ccc(C(c2ccccc2)N2CCNCC2)cc1. The fraction of sp³-hybridized carbons (Fsp3) is 0.308. The van der Waals surface area contributed by atoms with Crippen molar-refractivity contribution in [3.63, 3.8) is 0 Å². The summed E-state index contributed by atoms with van der Waals surface area (Å²) in [5, 5.41) is 16.3. The first-order valence-electron chi connectivity index (χ1n) is 40.7. The Hall–Kier alpha value is -5.02. The molecule has 12 aromatic carbocycles. The molecule has 8 nitrogen and oxygen atoms in total. The van der Waals surface area contributed by atoms with Crippen molar-refractivity contribution in [2.24, 2.45) is 0 Å². The molecule has 0 aliphatic carbocycles. The Balaban J connectivity index is 0.000000310. The number of hydrogen-bond acceptors (Lipinski definition) is 8. The van der Waals surface area contributed by atoms with Crippen LogP contribution in [0, 0.1) is 34.6 Å². The summed E-state index contributed by atoms with van der Waals surface area (Å²) in [5.41, 5.74) is 20.9. The number of alkyl halides is 2. The average molecular weight is 2190 g/mol. The van der Waals surface area contributed by atoms with Gasteiger partial charge in [0.25, 0.3) is 0 Å². The highest BCUT2D eigenvalue weighted by molar-refractivity contribution is 9.93.